The molecule has 1 aromatic rings. The van der Waals surface area contributed by atoms with Gasteiger partial charge in [0, 0.05) is 12.7 Å². The molecule has 14 heavy (non-hydrogen) atoms. The molecule has 3 nitrogen and oxygen atoms in total. The standard InChI is InChI=1S/C11H17N3/c1-3-4-9-5-7-10(8-6-9)14-11(12)13-2/h5-8H,3-4H2,1-2H3,(H3,12,13,14). The predicted octanol–water partition coefficient (Wildman–Crippen LogP) is 2.00. The van der Waals surface area contributed by atoms with E-state index in [2.05, 4.69) is 29.4 Å². The highest BCUT2D eigenvalue weighted by atomic mass is 15.1. The van der Waals surface area contributed by atoms with Gasteiger partial charge in [-0.3, -0.25) is 4.99 Å². The second-order valence-electron chi connectivity index (χ2n) is 3.18. The summed E-state index contributed by atoms with van der Waals surface area (Å²) >= 11 is 0. The van der Waals surface area contributed by atoms with Crippen molar-refractivity contribution in [2.45, 2.75) is 19.8 Å². The Bertz CT molecular complexity index is 301. The summed E-state index contributed by atoms with van der Waals surface area (Å²) < 4.78 is 0. The second kappa shape index (κ2) is 5.27. The lowest BCUT2D eigenvalue weighted by molar-refractivity contribution is 0.922. The molecule has 0 unspecified atom stereocenters. The van der Waals surface area contributed by atoms with E-state index in [1.165, 1.54) is 12.0 Å². The van der Waals surface area contributed by atoms with Gasteiger partial charge in [-0.2, -0.15) is 0 Å². The van der Waals surface area contributed by atoms with E-state index >= 15 is 0 Å². The highest BCUT2D eigenvalue weighted by molar-refractivity contribution is 5.92. The van der Waals surface area contributed by atoms with Crippen LogP contribution >= 0.6 is 0 Å². The molecule has 0 bridgehead atoms. The minimum absolute atomic E-state index is 0.438. The van der Waals surface area contributed by atoms with E-state index in [4.69, 9.17) is 5.73 Å². The summed E-state index contributed by atoms with van der Waals surface area (Å²) in [4.78, 5) is 3.83. The molecule has 0 spiro atoms. The second-order valence-corrected chi connectivity index (χ2v) is 3.18. The molecular weight excluding hydrogens is 174 g/mol. The number of nitrogens with one attached hydrogen (secondary N) is 1. The molecular formula is C11H17N3. The topological polar surface area (TPSA) is 50.4 Å². The van der Waals surface area contributed by atoms with Crippen LogP contribution in [0.5, 0.6) is 0 Å². The van der Waals surface area contributed by atoms with E-state index in [0.717, 1.165) is 12.1 Å². The summed E-state index contributed by atoms with van der Waals surface area (Å²) in [7, 11) is 1.66. The van der Waals surface area contributed by atoms with Crippen LogP contribution < -0.4 is 11.1 Å². The third kappa shape index (κ3) is 3.09. The number of rotatable bonds is 3. The molecule has 1 aromatic carbocycles. The van der Waals surface area contributed by atoms with E-state index in [9.17, 15) is 0 Å². The van der Waals surface area contributed by atoms with Crippen LogP contribution in [-0.4, -0.2) is 13.0 Å². The third-order valence-corrected chi connectivity index (χ3v) is 2.01. The molecule has 0 aliphatic carbocycles. The van der Waals surface area contributed by atoms with Gasteiger partial charge in [-0.25, -0.2) is 0 Å². The Hall–Kier alpha value is -1.51. The predicted molar refractivity (Wildman–Crippen MR) is 61.6 cm³/mol. The van der Waals surface area contributed by atoms with Gasteiger partial charge in [-0.1, -0.05) is 25.5 Å². The van der Waals surface area contributed by atoms with Crippen LogP contribution in [-0.2, 0) is 6.42 Å². The molecule has 1 rings (SSSR count). The molecule has 76 valence electrons. The summed E-state index contributed by atoms with van der Waals surface area (Å²) in [6.07, 6.45) is 2.29. The van der Waals surface area contributed by atoms with Gasteiger partial charge in [0.2, 0.25) is 0 Å². The SMILES string of the molecule is CCCc1ccc(NC(N)=NC)cc1. The maximum Gasteiger partial charge on any atom is 0.192 e. The molecule has 0 aliphatic heterocycles. The Kier molecular flexibility index (Phi) is 3.98. The number of hydrogen-bond donors (Lipinski definition) is 2. The fraction of sp³-hybridized carbons (Fsp3) is 0.364. The summed E-state index contributed by atoms with van der Waals surface area (Å²) in [5.41, 5.74) is 7.87. The van der Waals surface area contributed by atoms with Crippen molar-refractivity contribution in [1.29, 1.82) is 0 Å². The number of benzene rings is 1. The van der Waals surface area contributed by atoms with Crippen molar-refractivity contribution in [1.82, 2.24) is 0 Å². The Labute approximate surface area is 85.0 Å². The van der Waals surface area contributed by atoms with Crippen molar-refractivity contribution in [3.63, 3.8) is 0 Å². The van der Waals surface area contributed by atoms with Gasteiger partial charge >= 0.3 is 0 Å². The number of nitrogens with two attached hydrogens (primary N) is 1. The lowest BCUT2D eigenvalue weighted by Gasteiger charge is -2.05. The first-order valence-corrected chi connectivity index (χ1v) is 4.84. The zero-order valence-corrected chi connectivity index (χ0v) is 8.75. The molecule has 3 heteroatoms. The average Bonchev–Trinajstić information content (AvgIpc) is 2.21. The number of nitrogens with zero attached hydrogens (tertiary/aromatic N) is 1. The number of guanidine groups is 1. The van der Waals surface area contributed by atoms with Crippen LogP contribution in [0.3, 0.4) is 0 Å². The van der Waals surface area contributed by atoms with Crippen LogP contribution in [0.25, 0.3) is 0 Å². The van der Waals surface area contributed by atoms with Crippen LogP contribution in [0.15, 0.2) is 29.3 Å². The Morgan fingerprint density at radius 3 is 2.50 bits per heavy atom. The molecule has 0 radical (unpaired) electrons. The van der Waals surface area contributed by atoms with Crippen molar-refractivity contribution in [3.05, 3.63) is 29.8 Å². The van der Waals surface area contributed by atoms with Gasteiger partial charge in [0.25, 0.3) is 0 Å². The highest BCUT2D eigenvalue weighted by Crippen LogP contribution is 2.10. The highest BCUT2D eigenvalue weighted by Gasteiger charge is 1.94. The van der Waals surface area contributed by atoms with E-state index in [0.29, 0.717) is 5.96 Å². The largest absolute Gasteiger partial charge is 0.370 e. The Balaban J connectivity index is 2.64. The molecule has 0 aliphatic rings. The molecule has 0 heterocycles. The van der Waals surface area contributed by atoms with Gasteiger partial charge in [-0.05, 0) is 24.1 Å². The summed E-state index contributed by atoms with van der Waals surface area (Å²) in [5, 5.41) is 2.99. The number of hydrogen-bond acceptors (Lipinski definition) is 1. The monoisotopic (exact) mass is 191 g/mol. The van der Waals surface area contributed by atoms with Crippen molar-refractivity contribution >= 4 is 11.6 Å². The maximum absolute atomic E-state index is 5.54. The molecule has 0 fully saturated rings. The van der Waals surface area contributed by atoms with Crippen LogP contribution in [0.4, 0.5) is 5.69 Å². The van der Waals surface area contributed by atoms with E-state index in [1.54, 1.807) is 7.05 Å². The number of anilines is 1. The molecule has 3 N–H and O–H groups in total. The summed E-state index contributed by atoms with van der Waals surface area (Å²) in [6.45, 7) is 2.17. The first kappa shape index (κ1) is 10.6. The number of aryl methyl sites for hydroxylation is 1. The minimum atomic E-state index is 0.438. The van der Waals surface area contributed by atoms with Crippen molar-refractivity contribution < 1.29 is 0 Å². The van der Waals surface area contributed by atoms with Crippen LogP contribution in [0.2, 0.25) is 0 Å². The Morgan fingerprint density at radius 2 is 2.00 bits per heavy atom. The lowest BCUT2D eigenvalue weighted by Crippen LogP contribution is -2.21. The fourth-order valence-electron chi connectivity index (χ4n) is 1.25. The van der Waals surface area contributed by atoms with E-state index in [-0.39, 0.29) is 0 Å². The molecule has 0 saturated heterocycles. The lowest BCUT2D eigenvalue weighted by atomic mass is 10.1. The first-order chi connectivity index (χ1) is 6.76. The quantitative estimate of drug-likeness (QED) is 0.567. The maximum atomic E-state index is 5.54. The van der Waals surface area contributed by atoms with Crippen molar-refractivity contribution in [3.8, 4) is 0 Å². The average molecular weight is 191 g/mol. The minimum Gasteiger partial charge on any atom is -0.370 e. The van der Waals surface area contributed by atoms with E-state index in [1.807, 2.05) is 12.1 Å². The zero-order chi connectivity index (χ0) is 10.4. The van der Waals surface area contributed by atoms with Gasteiger partial charge in [0.15, 0.2) is 5.96 Å². The van der Waals surface area contributed by atoms with Gasteiger partial charge in [0.1, 0.15) is 0 Å². The fourth-order valence-corrected chi connectivity index (χ4v) is 1.25. The van der Waals surface area contributed by atoms with Gasteiger partial charge in [0.05, 0.1) is 0 Å². The van der Waals surface area contributed by atoms with Crippen molar-refractivity contribution in [2.24, 2.45) is 10.7 Å². The molecule has 0 saturated carbocycles. The zero-order valence-electron chi connectivity index (χ0n) is 8.75. The smallest absolute Gasteiger partial charge is 0.192 e. The molecule has 0 aromatic heterocycles. The number of aliphatic imine (C=N–C) groups is 1. The van der Waals surface area contributed by atoms with Gasteiger partial charge < -0.3 is 11.1 Å². The van der Waals surface area contributed by atoms with Crippen LogP contribution in [0, 0.1) is 0 Å². The van der Waals surface area contributed by atoms with Crippen LogP contribution in [0.1, 0.15) is 18.9 Å². The van der Waals surface area contributed by atoms with Crippen molar-refractivity contribution in [2.75, 3.05) is 12.4 Å². The first-order valence-electron chi connectivity index (χ1n) is 4.84. The van der Waals surface area contributed by atoms with E-state index < -0.39 is 0 Å². The summed E-state index contributed by atoms with van der Waals surface area (Å²) in [6, 6.07) is 8.25. The molecule has 0 amide bonds. The Morgan fingerprint density at radius 1 is 1.36 bits per heavy atom. The normalized spacial score (nSPS) is 11.4. The summed E-state index contributed by atoms with van der Waals surface area (Å²) in [5.74, 6) is 0.438. The molecule has 0 atom stereocenters. The third-order valence-electron chi connectivity index (χ3n) is 2.01. The van der Waals surface area contributed by atoms with Gasteiger partial charge in [-0.15, -0.1) is 0 Å².